The topological polar surface area (TPSA) is 63.8 Å². The molecule has 0 aromatic carbocycles. The zero-order valence-electron chi connectivity index (χ0n) is 7.70. The summed E-state index contributed by atoms with van der Waals surface area (Å²) in [6.07, 6.45) is 7.27. The Morgan fingerprint density at radius 1 is 1.36 bits per heavy atom. The lowest BCUT2D eigenvalue weighted by atomic mass is 10.1. The normalized spacial score (nSPS) is 12.7. The molecule has 2 aromatic rings. The van der Waals surface area contributed by atoms with Crippen molar-refractivity contribution in [2.45, 2.75) is 6.10 Å². The summed E-state index contributed by atoms with van der Waals surface area (Å²) in [6.45, 7) is 0. The monoisotopic (exact) mass is 190 g/mol. The Balaban J connectivity index is 2.29. The summed E-state index contributed by atoms with van der Waals surface area (Å²) < 4.78 is 1.63. The van der Waals surface area contributed by atoms with Gasteiger partial charge in [-0.2, -0.15) is 5.10 Å². The molecule has 0 saturated heterocycles. The standard InChI is InChI=1S/C9H10N4O/c1-13-6-7(4-12-13)9(14)8-5-10-2-3-11-8/h2-6,9,14H,1H3. The number of rotatable bonds is 2. The molecular weight excluding hydrogens is 180 g/mol. The van der Waals surface area contributed by atoms with Gasteiger partial charge < -0.3 is 5.11 Å². The molecule has 0 radical (unpaired) electrons. The van der Waals surface area contributed by atoms with E-state index in [1.807, 2.05) is 0 Å². The molecule has 0 aliphatic rings. The van der Waals surface area contributed by atoms with Crippen molar-refractivity contribution in [3.8, 4) is 0 Å². The third kappa shape index (κ3) is 1.62. The molecule has 0 aliphatic heterocycles. The summed E-state index contributed by atoms with van der Waals surface area (Å²) in [6, 6.07) is 0. The van der Waals surface area contributed by atoms with Gasteiger partial charge in [0.05, 0.1) is 18.1 Å². The van der Waals surface area contributed by atoms with Crippen LogP contribution in [0, 0.1) is 0 Å². The zero-order chi connectivity index (χ0) is 9.97. The highest BCUT2D eigenvalue weighted by Crippen LogP contribution is 2.17. The van der Waals surface area contributed by atoms with Crippen LogP contribution in [0.5, 0.6) is 0 Å². The Morgan fingerprint density at radius 3 is 2.79 bits per heavy atom. The van der Waals surface area contributed by atoms with Crippen molar-refractivity contribution < 1.29 is 5.11 Å². The molecule has 2 rings (SSSR count). The number of aryl methyl sites for hydroxylation is 1. The molecule has 0 fully saturated rings. The van der Waals surface area contributed by atoms with Gasteiger partial charge in [0.1, 0.15) is 6.10 Å². The Hall–Kier alpha value is -1.75. The first-order valence-corrected chi connectivity index (χ1v) is 4.20. The van der Waals surface area contributed by atoms with Crippen LogP contribution in [-0.4, -0.2) is 24.9 Å². The molecule has 5 heteroatoms. The molecule has 0 saturated carbocycles. The minimum atomic E-state index is -0.752. The van der Waals surface area contributed by atoms with Gasteiger partial charge in [-0.3, -0.25) is 14.6 Å². The van der Waals surface area contributed by atoms with Crippen molar-refractivity contribution in [3.63, 3.8) is 0 Å². The van der Waals surface area contributed by atoms with E-state index in [4.69, 9.17) is 0 Å². The summed E-state index contributed by atoms with van der Waals surface area (Å²) in [5.74, 6) is 0. The van der Waals surface area contributed by atoms with E-state index in [1.165, 1.54) is 6.20 Å². The fourth-order valence-corrected chi connectivity index (χ4v) is 1.20. The molecule has 0 spiro atoms. The van der Waals surface area contributed by atoms with Crippen LogP contribution in [0.25, 0.3) is 0 Å². The molecule has 1 unspecified atom stereocenters. The van der Waals surface area contributed by atoms with Crippen molar-refractivity contribution in [2.75, 3.05) is 0 Å². The highest BCUT2D eigenvalue weighted by molar-refractivity contribution is 5.18. The van der Waals surface area contributed by atoms with Crippen LogP contribution in [0.2, 0.25) is 0 Å². The third-order valence-corrected chi connectivity index (χ3v) is 1.90. The number of hydrogen-bond acceptors (Lipinski definition) is 4. The number of hydrogen-bond donors (Lipinski definition) is 1. The van der Waals surface area contributed by atoms with Crippen molar-refractivity contribution in [1.82, 2.24) is 19.7 Å². The van der Waals surface area contributed by atoms with Crippen LogP contribution in [0.4, 0.5) is 0 Å². The molecule has 1 N–H and O–H groups in total. The number of nitrogens with zero attached hydrogens (tertiary/aromatic N) is 4. The predicted molar refractivity (Wildman–Crippen MR) is 49.3 cm³/mol. The molecule has 14 heavy (non-hydrogen) atoms. The van der Waals surface area contributed by atoms with Gasteiger partial charge in [-0.05, 0) is 0 Å². The zero-order valence-corrected chi connectivity index (χ0v) is 7.70. The van der Waals surface area contributed by atoms with Crippen molar-refractivity contribution >= 4 is 0 Å². The molecule has 0 aliphatic carbocycles. The van der Waals surface area contributed by atoms with E-state index in [2.05, 4.69) is 15.1 Å². The number of aliphatic hydroxyl groups is 1. The van der Waals surface area contributed by atoms with Gasteiger partial charge >= 0.3 is 0 Å². The highest BCUT2D eigenvalue weighted by Gasteiger charge is 2.12. The molecule has 2 heterocycles. The Bertz CT molecular complexity index is 412. The molecule has 72 valence electrons. The highest BCUT2D eigenvalue weighted by atomic mass is 16.3. The quantitative estimate of drug-likeness (QED) is 0.739. The van der Waals surface area contributed by atoms with Crippen LogP contribution in [0.15, 0.2) is 31.0 Å². The second-order valence-electron chi connectivity index (χ2n) is 2.98. The molecular formula is C9H10N4O. The van der Waals surface area contributed by atoms with Gasteiger partial charge in [-0.25, -0.2) is 0 Å². The Labute approximate surface area is 81.1 Å². The fourth-order valence-electron chi connectivity index (χ4n) is 1.20. The van der Waals surface area contributed by atoms with Gasteiger partial charge in [0.2, 0.25) is 0 Å². The maximum Gasteiger partial charge on any atom is 0.126 e. The molecule has 5 nitrogen and oxygen atoms in total. The summed E-state index contributed by atoms with van der Waals surface area (Å²) in [5, 5.41) is 13.8. The van der Waals surface area contributed by atoms with Crippen molar-refractivity contribution in [3.05, 3.63) is 42.2 Å². The average Bonchev–Trinajstić information content (AvgIpc) is 2.65. The predicted octanol–water partition coefficient (Wildman–Crippen LogP) is 0.292. The number of aliphatic hydroxyl groups excluding tert-OH is 1. The first-order chi connectivity index (χ1) is 6.77. The SMILES string of the molecule is Cn1cc(C(O)c2cnccn2)cn1. The third-order valence-electron chi connectivity index (χ3n) is 1.90. The molecule has 2 aromatic heterocycles. The Kier molecular flexibility index (Phi) is 2.24. The van der Waals surface area contributed by atoms with E-state index < -0.39 is 6.10 Å². The largest absolute Gasteiger partial charge is 0.382 e. The maximum absolute atomic E-state index is 9.85. The van der Waals surface area contributed by atoms with Gasteiger partial charge in [0, 0.05) is 31.2 Å². The lowest BCUT2D eigenvalue weighted by Crippen LogP contribution is -2.01. The summed E-state index contributed by atoms with van der Waals surface area (Å²) in [7, 11) is 1.80. The van der Waals surface area contributed by atoms with Crippen molar-refractivity contribution in [1.29, 1.82) is 0 Å². The van der Waals surface area contributed by atoms with E-state index in [0.717, 1.165) is 0 Å². The Morgan fingerprint density at radius 2 is 2.21 bits per heavy atom. The van der Waals surface area contributed by atoms with Crippen LogP contribution in [0.1, 0.15) is 17.4 Å². The first-order valence-electron chi connectivity index (χ1n) is 4.20. The molecule has 0 amide bonds. The van der Waals surface area contributed by atoms with Crippen LogP contribution in [0.3, 0.4) is 0 Å². The lowest BCUT2D eigenvalue weighted by molar-refractivity contribution is 0.214. The van der Waals surface area contributed by atoms with Crippen molar-refractivity contribution in [2.24, 2.45) is 7.05 Å². The van der Waals surface area contributed by atoms with Gasteiger partial charge in [0.25, 0.3) is 0 Å². The van der Waals surface area contributed by atoms with Crippen LogP contribution >= 0.6 is 0 Å². The lowest BCUT2D eigenvalue weighted by Gasteiger charge is -2.05. The molecule has 0 bridgehead atoms. The van der Waals surface area contributed by atoms with Crippen LogP contribution < -0.4 is 0 Å². The van der Waals surface area contributed by atoms with Crippen LogP contribution in [-0.2, 0) is 7.05 Å². The van der Waals surface area contributed by atoms with E-state index in [-0.39, 0.29) is 0 Å². The van der Waals surface area contributed by atoms with E-state index in [0.29, 0.717) is 11.3 Å². The van der Waals surface area contributed by atoms with E-state index in [1.54, 1.807) is 36.5 Å². The van der Waals surface area contributed by atoms with Gasteiger partial charge in [-0.1, -0.05) is 0 Å². The van der Waals surface area contributed by atoms with E-state index in [9.17, 15) is 5.11 Å². The minimum absolute atomic E-state index is 0.528. The smallest absolute Gasteiger partial charge is 0.126 e. The van der Waals surface area contributed by atoms with Gasteiger partial charge in [0.15, 0.2) is 0 Å². The summed E-state index contributed by atoms with van der Waals surface area (Å²) >= 11 is 0. The minimum Gasteiger partial charge on any atom is -0.382 e. The molecule has 1 atom stereocenters. The average molecular weight is 190 g/mol. The number of aromatic nitrogens is 4. The second kappa shape index (κ2) is 3.55. The maximum atomic E-state index is 9.85. The van der Waals surface area contributed by atoms with Gasteiger partial charge in [-0.15, -0.1) is 0 Å². The fraction of sp³-hybridized carbons (Fsp3) is 0.222. The second-order valence-corrected chi connectivity index (χ2v) is 2.98. The first kappa shape index (κ1) is 8.83. The summed E-state index contributed by atoms with van der Waals surface area (Å²) in [5.41, 5.74) is 1.24. The summed E-state index contributed by atoms with van der Waals surface area (Å²) in [4.78, 5) is 7.90. The van der Waals surface area contributed by atoms with E-state index >= 15 is 0 Å².